The average molecular weight is 469 g/mol. The quantitative estimate of drug-likeness (QED) is 0.331. The standard InChI is InChI=1S/C26H20N4O3S/c31-22(17-34-23-16-15-18-9-7-8-14-21(18)27-23)29-30-24(32)26(28-25(30)33,19-10-3-1-4-11-19)20-12-5-2-6-13-20/h1-16H,17H2,(H,28,33)(H,29,31). The molecule has 1 aliphatic heterocycles. The predicted octanol–water partition coefficient (Wildman–Crippen LogP) is 3.85. The topological polar surface area (TPSA) is 91.4 Å². The smallest absolute Gasteiger partial charge is 0.314 e. The number of nitrogens with one attached hydrogen (secondary N) is 2. The summed E-state index contributed by atoms with van der Waals surface area (Å²) in [6, 6.07) is 28.8. The number of pyridine rings is 1. The van der Waals surface area contributed by atoms with E-state index < -0.39 is 23.4 Å². The van der Waals surface area contributed by atoms with Crippen molar-refractivity contribution in [2.45, 2.75) is 10.6 Å². The first-order valence-electron chi connectivity index (χ1n) is 10.6. The van der Waals surface area contributed by atoms with Crippen LogP contribution >= 0.6 is 11.8 Å². The summed E-state index contributed by atoms with van der Waals surface area (Å²) in [5, 5.41) is 5.25. The highest BCUT2D eigenvalue weighted by Crippen LogP contribution is 2.35. The molecule has 0 atom stereocenters. The van der Waals surface area contributed by atoms with Crippen LogP contribution in [0.25, 0.3) is 10.9 Å². The number of hydrogen-bond donors (Lipinski definition) is 2. The molecule has 0 saturated carbocycles. The fourth-order valence-corrected chi connectivity index (χ4v) is 4.66. The van der Waals surface area contributed by atoms with Crippen LogP contribution in [0, 0.1) is 0 Å². The van der Waals surface area contributed by atoms with Crippen molar-refractivity contribution in [3.8, 4) is 0 Å². The number of hydrazine groups is 1. The van der Waals surface area contributed by atoms with Crippen LogP contribution in [0.1, 0.15) is 11.1 Å². The largest absolute Gasteiger partial charge is 0.344 e. The summed E-state index contributed by atoms with van der Waals surface area (Å²) in [6.45, 7) is 0. The molecule has 1 aliphatic rings. The van der Waals surface area contributed by atoms with Gasteiger partial charge in [-0.05, 0) is 23.3 Å². The van der Waals surface area contributed by atoms with Crippen LogP contribution in [-0.2, 0) is 15.1 Å². The van der Waals surface area contributed by atoms with Gasteiger partial charge in [0.2, 0.25) is 5.91 Å². The van der Waals surface area contributed by atoms with E-state index in [-0.39, 0.29) is 5.75 Å². The van der Waals surface area contributed by atoms with Crippen LogP contribution in [0.2, 0.25) is 0 Å². The molecule has 0 spiro atoms. The van der Waals surface area contributed by atoms with Gasteiger partial charge in [0.25, 0.3) is 5.91 Å². The van der Waals surface area contributed by atoms with Crippen LogP contribution in [0.4, 0.5) is 4.79 Å². The number of amides is 4. The number of imide groups is 1. The van der Waals surface area contributed by atoms with E-state index in [0.29, 0.717) is 16.2 Å². The Hall–Kier alpha value is -4.17. The number of benzene rings is 3. The van der Waals surface area contributed by atoms with Crippen LogP contribution < -0.4 is 10.7 Å². The number of thioether (sulfide) groups is 1. The minimum Gasteiger partial charge on any atom is -0.314 e. The van der Waals surface area contributed by atoms with Gasteiger partial charge in [0.05, 0.1) is 16.3 Å². The van der Waals surface area contributed by atoms with Crippen molar-refractivity contribution < 1.29 is 14.4 Å². The molecule has 1 fully saturated rings. The van der Waals surface area contributed by atoms with Crippen molar-refractivity contribution in [2.75, 3.05) is 5.75 Å². The first-order chi connectivity index (χ1) is 16.6. The van der Waals surface area contributed by atoms with Crippen molar-refractivity contribution in [2.24, 2.45) is 0 Å². The third-order valence-corrected chi connectivity index (χ3v) is 6.53. The third kappa shape index (κ3) is 3.88. The summed E-state index contributed by atoms with van der Waals surface area (Å²) in [4.78, 5) is 43.7. The SMILES string of the molecule is O=C(CSc1ccc2ccccc2n1)NN1C(=O)NC(c2ccccc2)(c2ccccc2)C1=O. The minimum atomic E-state index is -1.43. The third-order valence-electron chi connectivity index (χ3n) is 5.60. The van der Waals surface area contributed by atoms with Crippen LogP contribution in [0.15, 0.2) is 102 Å². The Morgan fingerprint density at radius 2 is 1.47 bits per heavy atom. The van der Waals surface area contributed by atoms with Gasteiger partial charge in [-0.2, -0.15) is 5.01 Å². The van der Waals surface area contributed by atoms with Crippen molar-refractivity contribution in [1.29, 1.82) is 0 Å². The van der Waals surface area contributed by atoms with Crippen molar-refractivity contribution >= 4 is 40.5 Å². The van der Waals surface area contributed by atoms with Gasteiger partial charge in [-0.15, -0.1) is 0 Å². The Balaban J connectivity index is 1.35. The van der Waals surface area contributed by atoms with E-state index in [2.05, 4.69) is 15.7 Å². The highest BCUT2D eigenvalue weighted by Gasteiger charge is 2.54. The van der Waals surface area contributed by atoms with Crippen molar-refractivity contribution in [3.05, 3.63) is 108 Å². The van der Waals surface area contributed by atoms with Gasteiger partial charge < -0.3 is 5.32 Å². The summed E-state index contributed by atoms with van der Waals surface area (Å²) >= 11 is 1.23. The van der Waals surface area contributed by atoms with Gasteiger partial charge in [0.1, 0.15) is 0 Å². The lowest BCUT2D eigenvalue weighted by Crippen LogP contribution is -2.49. The lowest BCUT2D eigenvalue weighted by atomic mass is 9.83. The fourth-order valence-electron chi connectivity index (χ4n) is 3.99. The average Bonchev–Trinajstić information content (AvgIpc) is 3.14. The number of rotatable bonds is 6. The minimum absolute atomic E-state index is 0.00786. The lowest BCUT2D eigenvalue weighted by molar-refractivity contribution is -0.137. The van der Waals surface area contributed by atoms with Gasteiger partial charge >= 0.3 is 6.03 Å². The molecule has 0 radical (unpaired) electrons. The normalized spacial score (nSPS) is 14.8. The Morgan fingerprint density at radius 3 is 2.15 bits per heavy atom. The van der Waals surface area contributed by atoms with E-state index in [1.54, 1.807) is 48.5 Å². The molecule has 4 aromatic rings. The molecule has 2 N–H and O–H groups in total. The summed E-state index contributed by atoms with van der Waals surface area (Å²) in [7, 11) is 0. The molecule has 1 aromatic heterocycles. The molecule has 34 heavy (non-hydrogen) atoms. The molecular weight excluding hydrogens is 448 g/mol. The number of fused-ring (bicyclic) bond motifs is 1. The Labute approximate surface area is 200 Å². The summed E-state index contributed by atoms with van der Waals surface area (Å²) in [5.74, 6) is -1.07. The maximum absolute atomic E-state index is 13.6. The van der Waals surface area contributed by atoms with Gasteiger partial charge in [0, 0.05) is 5.39 Å². The first kappa shape index (κ1) is 21.7. The Morgan fingerprint density at radius 1 is 0.853 bits per heavy atom. The van der Waals surface area contributed by atoms with Gasteiger partial charge in [0.15, 0.2) is 5.54 Å². The zero-order valence-corrected chi connectivity index (χ0v) is 18.8. The molecule has 0 bridgehead atoms. The van der Waals surface area contributed by atoms with E-state index in [9.17, 15) is 14.4 Å². The lowest BCUT2D eigenvalue weighted by Gasteiger charge is -2.27. The van der Waals surface area contributed by atoms with Gasteiger partial charge in [-0.25, -0.2) is 9.78 Å². The van der Waals surface area contributed by atoms with Crippen molar-refractivity contribution in [3.63, 3.8) is 0 Å². The molecule has 3 aromatic carbocycles. The molecule has 1 saturated heterocycles. The van der Waals surface area contributed by atoms with E-state index in [4.69, 9.17) is 0 Å². The Kier molecular flexibility index (Phi) is 5.73. The molecule has 168 valence electrons. The fraction of sp³-hybridized carbons (Fsp3) is 0.0769. The van der Waals surface area contributed by atoms with Gasteiger partial charge in [-0.3, -0.25) is 15.0 Å². The van der Waals surface area contributed by atoms with Crippen LogP contribution in [0.3, 0.4) is 0 Å². The summed E-state index contributed by atoms with van der Waals surface area (Å²) < 4.78 is 0. The number of carbonyl (C=O) groups is 3. The predicted molar refractivity (Wildman–Crippen MR) is 130 cm³/mol. The van der Waals surface area contributed by atoms with Crippen LogP contribution in [0.5, 0.6) is 0 Å². The van der Waals surface area contributed by atoms with E-state index >= 15 is 0 Å². The molecule has 8 heteroatoms. The molecule has 0 aliphatic carbocycles. The number of nitrogens with zero attached hydrogens (tertiary/aromatic N) is 2. The molecule has 4 amide bonds. The molecule has 2 heterocycles. The molecular formula is C26H20N4O3S. The second-order valence-corrected chi connectivity index (χ2v) is 8.71. The maximum Gasteiger partial charge on any atom is 0.344 e. The number of aromatic nitrogens is 1. The number of carbonyl (C=O) groups excluding carboxylic acids is 3. The number of para-hydroxylation sites is 1. The first-order valence-corrected chi connectivity index (χ1v) is 11.6. The Bertz CT molecular complexity index is 1340. The van der Waals surface area contributed by atoms with Crippen LogP contribution in [-0.4, -0.2) is 33.6 Å². The van der Waals surface area contributed by atoms with E-state index in [0.717, 1.165) is 15.9 Å². The molecule has 0 unspecified atom stereocenters. The van der Waals surface area contributed by atoms with Crippen molar-refractivity contribution in [1.82, 2.24) is 20.7 Å². The summed E-state index contributed by atoms with van der Waals surface area (Å²) in [6.07, 6.45) is 0. The highest BCUT2D eigenvalue weighted by molar-refractivity contribution is 7.99. The number of urea groups is 1. The molecule has 7 nitrogen and oxygen atoms in total. The van der Waals surface area contributed by atoms with E-state index in [1.807, 2.05) is 48.5 Å². The monoisotopic (exact) mass is 468 g/mol. The van der Waals surface area contributed by atoms with Gasteiger partial charge in [-0.1, -0.05) is 96.7 Å². The zero-order valence-electron chi connectivity index (χ0n) is 18.0. The summed E-state index contributed by atoms with van der Waals surface area (Å²) in [5.41, 5.74) is 3.07. The van der Waals surface area contributed by atoms with E-state index in [1.165, 1.54) is 11.8 Å². The molecule has 5 rings (SSSR count). The second kappa shape index (κ2) is 8.99. The second-order valence-electron chi connectivity index (χ2n) is 7.72. The zero-order chi connectivity index (χ0) is 23.5. The maximum atomic E-state index is 13.6. The highest BCUT2D eigenvalue weighted by atomic mass is 32.2. The number of hydrogen-bond acceptors (Lipinski definition) is 5.